The highest BCUT2D eigenvalue weighted by Gasteiger charge is 2.34. The summed E-state index contributed by atoms with van der Waals surface area (Å²) in [6, 6.07) is -0.0287. The molecule has 1 saturated heterocycles. The fourth-order valence-electron chi connectivity index (χ4n) is 2.69. The number of carbonyl (C=O) groups excluding carboxylic acids is 1. The van der Waals surface area contributed by atoms with E-state index in [-0.39, 0.29) is 18.0 Å². The van der Waals surface area contributed by atoms with Gasteiger partial charge < -0.3 is 10.6 Å². The van der Waals surface area contributed by atoms with Gasteiger partial charge in [0.05, 0.1) is 6.54 Å². The van der Waals surface area contributed by atoms with E-state index in [1.165, 1.54) is 4.90 Å². The zero-order chi connectivity index (χ0) is 14.8. The van der Waals surface area contributed by atoms with Crippen LogP contribution in [-0.4, -0.2) is 49.3 Å². The van der Waals surface area contributed by atoms with E-state index >= 15 is 0 Å². The fourth-order valence-corrected chi connectivity index (χ4v) is 2.69. The van der Waals surface area contributed by atoms with Crippen molar-refractivity contribution in [1.29, 1.82) is 0 Å². The van der Waals surface area contributed by atoms with Gasteiger partial charge >= 0.3 is 12.2 Å². The molecule has 2 amide bonds. The molecule has 2 atom stereocenters. The number of nitrogens with zero attached hydrogens (tertiary/aromatic N) is 1. The first-order valence-electron chi connectivity index (χ1n) is 7.17. The zero-order valence-electron chi connectivity index (χ0n) is 11.7. The van der Waals surface area contributed by atoms with Crippen LogP contribution < -0.4 is 10.6 Å². The van der Waals surface area contributed by atoms with Crippen molar-refractivity contribution in [2.75, 3.05) is 26.2 Å². The van der Waals surface area contributed by atoms with Crippen LogP contribution in [0.4, 0.5) is 18.0 Å². The van der Waals surface area contributed by atoms with E-state index in [0.717, 1.165) is 12.8 Å². The lowest BCUT2D eigenvalue weighted by Gasteiger charge is -2.18. The van der Waals surface area contributed by atoms with Crippen LogP contribution in [0.25, 0.3) is 0 Å². The number of amides is 2. The second kappa shape index (κ2) is 6.20. The molecule has 20 heavy (non-hydrogen) atoms. The van der Waals surface area contributed by atoms with Crippen LogP contribution >= 0.6 is 0 Å². The van der Waals surface area contributed by atoms with E-state index in [2.05, 4.69) is 10.6 Å². The van der Waals surface area contributed by atoms with Crippen LogP contribution in [0.5, 0.6) is 0 Å². The summed E-state index contributed by atoms with van der Waals surface area (Å²) in [5.41, 5.74) is 0. The number of carbonyl (C=O) groups is 1. The van der Waals surface area contributed by atoms with E-state index in [4.69, 9.17) is 0 Å². The Kier molecular flexibility index (Phi) is 4.78. The highest BCUT2D eigenvalue weighted by molar-refractivity contribution is 5.74. The number of alkyl halides is 3. The predicted molar refractivity (Wildman–Crippen MR) is 69.3 cm³/mol. The smallest absolute Gasteiger partial charge is 0.338 e. The number of nitrogens with one attached hydrogen (secondary N) is 2. The van der Waals surface area contributed by atoms with Gasteiger partial charge in [0.1, 0.15) is 0 Å². The second-order valence-corrected chi connectivity index (χ2v) is 5.99. The van der Waals surface area contributed by atoms with Crippen LogP contribution in [-0.2, 0) is 0 Å². The maximum Gasteiger partial charge on any atom is 0.401 e. The maximum absolute atomic E-state index is 12.3. The number of hydrogen-bond donors (Lipinski definition) is 2. The van der Waals surface area contributed by atoms with Crippen molar-refractivity contribution in [3.05, 3.63) is 0 Å². The molecule has 0 radical (unpaired) electrons. The number of rotatable bonds is 5. The molecule has 1 heterocycles. The molecule has 7 heteroatoms. The molecule has 4 nitrogen and oxygen atoms in total. The topological polar surface area (TPSA) is 44.4 Å². The first kappa shape index (κ1) is 15.4. The maximum atomic E-state index is 12.3. The largest absolute Gasteiger partial charge is 0.401 e. The van der Waals surface area contributed by atoms with E-state index in [0.29, 0.717) is 32.0 Å². The molecule has 2 unspecified atom stereocenters. The van der Waals surface area contributed by atoms with Gasteiger partial charge in [0.2, 0.25) is 0 Å². The average Bonchev–Trinajstić information content (AvgIpc) is 3.08. The molecule has 0 spiro atoms. The molecule has 1 aliphatic carbocycles. The van der Waals surface area contributed by atoms with Gasteiger partial charge in [-0.3, -0.25) is 4.90 Å². The minimum atomic E-state index is -4.14. The Bertz CT molecular complexity index is 344. The molecule has 2 N–H and O–H groups in total. The van der Waals surface area contributed by atoms with Crippen LogP contribution in [0.3, 0.4) is 0 Å². The van der Waals surface area contributed by atoms with Crippen molar-refractivity contribution in [3.8, 4) is 0 Å². The molecule has 1 saturated carbocycles. The Morgan fingerprint density at radius 1 is 1.35 bits per heavy atom. The molecule has 0 aromatic carbocycles. The minimum Gasteiger partial charge on any atom is -0.338 e. The molecule has 1 aliphatic heterocycles. The van der Waals surface area contributed by atoms with Gasteiger partial charge in [0, 0.05) is 19.1 Å². The summed E-state index contributed by atoms with van der Waals surface area (Å²) in [5.74, 6) is 0.703. The molecular formula is C13H22F3N3O. The zero-order valence-corrected chi connectivity index (χ0v) is 11.7. The lowest BCUT2D eigenvalue weighted by atomic mass is 10.1. The Labute approximate surface area is 117 Å². The molecular weight excluding hydrogens is 271 g/mol. The number of halogens is 3. The average molecular weight is 293 g/mol. The molecule has 0 bridgehead atoms. The molecule has 116 valence electrons. The third kappa shape index (κ3) is 5.19. The summed E-state index contributed by atoms with van der Waals surface area (Å²) in [7, 11) is 0. The molecule has 0 aromatic heterocycles. The SMILES string of the molecule is CC(NC(=O)NCC1CCN(CC(F)(F)F)C1)C1CC1. The number of likely N-dealkylation sites (tertiary alicyclic amines) is 1. The lowest BCUT2D eigenvalue weighted by Crippen LogP contribution is -2.43. The van der Waals surface area contributed by atoms with E-state index < -0.39 is 12.7 Å². The summed E-state index contributed by atoms with van der Waals surface area (Å²) in [4.78, 5) is 13.0. The van der Waals surface area contributed by atoms with Crippen molar-refractivity contribution in [1.82, 2.24) is 15.5 Å². The third-order valence-electron chi connectivity index (χ3n) is 4.01. The monoisotopic (exact) mass is 293 g/mol. The number of hydrogen-bond acceptors (Lipinski definition) is 2. The summed E-state index contributed by atoms with van der Waals surface area (Å²) >= 11 is 0. The van der Waals surface area contributed by atoms with Crippen LogP contribution in [0.1, 0.15) is 26.2 Å². The highest BCUT2D eigenvalue weighted by Crippen LogP contribution is 2.32. The van der Waals surface area contributed by atoms with E-state index in [1.807, 2.05) is 6.92 Å². The summed E-state index contributed by atoms with van der Waals surface area (Å²) in [5, 5.41) is 5.64. The Balaban J connectivity index is 1.61. The van der Waals surface area contributed by atoms with Crippen LogP contribution in [0, 0.1) is 11.8 Å². The lowest BCUT2D eigenvalue weighted by molar-refractivity contribution is -0.143. The van der Waals surface area contributed by atoms with Gasteiger partial charge in [0.15, 0.2) is 0 Å². The van der Waals surface area contributed by atoms with E-state index in [9.17, 15) is 18.0 Å². The first-order valence-corrected chi connectivity index (χ1v) is 7.17. The Hall–Kier alpha value is -0.980. The molecule has 0 aromatic rings. The molecule has 2 aliphatic rings. The third-order valence-corrected chi connectivity index (χ3v) is 4.01. The normalized spacial score (nSPS) is 25.5. The van der Waals surface area contributed by atoms with Crippen molar-refractivity contribution in [2.45, 2.75) is 38.4 Å². The van der Waals surface area contributed by atoms with Crippen LogP contribution in [0.15, 0.2) is 0 Å². The van der Waals surface area contributed by atoms with Crippen molar-refractivity contribution < 1.29 is 18.0 Å². The molecule has 2 rings (SSSR count). The van der Waals surface area contributed by atoms with E-state index in [1.54, 1.807) is 0 Å². The van der Waals surface area contributed by atoms with Gasteiger partial charge in [-0.15, -0.1) is 0 Å². The van der Waals surface area contributed by atoms with Gasteiger partial charge in [-0.05, 0) is 44.6 Å². The van der Waals surface area contributed by atoms with Crippen molar-refractivity contribution in [2.24, 2.45) is 11.8 Å². The minimum absolute atomic E-state index is 0.110. The summed E-state index contributed by atoms with van der Waals surface area (Å²) < 4.78 is 36.8. The Morgan fingerprint density at radius 3 is 2.65 bits per heavy atom. The van der Waals surface area contributed by atoms with Gasteiger partial charge in [-0.25, -0.2) is 4.79 Å². The van der Waals surface area contributed by atoms with Gasteiger partial charge in [0.25, 0.3) is 0 Å². The van der Waals surface area contributed by atoms with Crippen molar-refractivity contribution >= 4 is 6.03 Å². The van der Waals surface area contributed by atoms with Gasteiger partial charge in [-0.1, -0.05) is 0 Å². The second-order valence-electron chi connectivity index (χ2n) is 5.99. The summed E-state index contributed by atoms with van der Waals surface area (Å²) in [6.07, 6.45) is -1.11. The first-order chi connectivity index (χ1) is 9.33. The van der Waals surface area contributed by atoms with Crippen LogP contribution in [0.2, 0.25) is 0 Å². The molecule has 2 fully saturated rings. The van der Waals surface area contributed by atoms with Crippen molar-refractivity contribution in [3.63, 3.8) is 0 Å². The standard InChI is InChI=1S/C13H22F3N3O/c1-9(11-2-3-11)18-12(20)17-6-10-4-5-19(7-10)8-13(14,15)16/h9-11H,2-8H2,1H3,(H2,17,18,20). The quantitative estimate of drug-likeness (QED) is 0.814. The number of urea groups is 1. The van der Waals surface area contributed by atoms with Gasteiger partial charge in [-0.2, -0.15) is 13.2 Å². The highest BCUT2D eigenvalue weighted by atomic mass is 19.4. The predicted octanol–water partition coefficient (Wildman–Crippen LogP) is 1.97. The fraction of sp³-hybridized carbons (Fsp3) is 0.923. The Morgan fingerprint density at radius 2 is 2.05 bits per heavy atom. The summed E-state index contributed by atoms with van der Waals surface area (Å²) in [6.45, 7) is 2.42.